The quantitative estimate of drug-likeness (QED) is 0.800. The molecule has 1 heterocycles. The van der Waals surface area contributed by atoms with Gasteiger partial charge in [-0.3, -0.25) is 0 Å². The van der Waals surface area contributed by atoms with E-state index in [1.165, 1.54) is 5.56 Å². The van der Waals surface area contributed by atoms with E-state index in [-0.39, 0.29) is 0 Å². The molecule has 0 atom stereocenters. The van der Waals surface area contributed by atoms with E-state index in [9.17, 15) is 0 Å². The molecule has 0 aliphatic carbocycles. The number of anilines is 1. The van der Waals surface area contributed by atoms with Gasteiger partial charge in [0.2, 0.25) is 11.1 Å². The Morgan fingerprint density at radius 2 is 2.07 bits per heavy atom. The van der Waals surface area contributed by atoms with E-state index < -0.39 is 0 Å². The SMILES string of the molecule is Cn1nc(SCc2ccccc2)nc1N. The Kier molecular flexibility index (Phi) is 2.91. The average molecular weight is 220 g/mol. The number of benzene rings is 1. The maximum Gasteiger partial charge on any atom is 0.219 e. The standard InChI is InChI=1S/C10H12N4S/c1-14-9(11)12-10(13-14)15-7-8-5-3-2-4-6-8/h2-6H,7H2,1H3,(H2,11,12,13). The highest BCUT2D eigenvalue weighted by Gasteiger charge is 2.04. The molecule has 0 aliphatic rings. The van der Waals surface area contributed by atoms with Crippen LogP contribution in [-0.2, 0) is 12.8 Å². The van der Waals surface area contributed by atoms with Crippen LogP contribution in [0.5, 0.6) is 0 Å². The van der Waals surface area contributed by atoms with Crippen molar-refractivity contribution in [1.29, 1.82) is 0 Å². The number of aromatic nitrogens is 3. The fraction of sp³-hybridized carbons (Fsp3) is 0.200. The minimum Gasteiger partial charge on any atom is -0.368 e. The molecule has 2 rings (SSSR count). The molecule has 15 heavy (non-hydrogen) atoms. The van der Waals surface area contributed by atoms with Crippen LogP contribution in [0.4, 0.5) is 5.95 Å². The van der Waals surface area contributed by atoms with Crippen LogP contribution >= 0.6 is 11.8 Å². The van der Waals surface area contributed by atoms with Crippen molar-refractivity contribution in [1.82, 2.24) is 14.8 Å². The van der Waals surface area contributed by atoms with E-state index in [2.05, 4.69) is 22.2 Å². The van der Waals surface area contributed by atoms with Crippen LogP contribution in [-0.4, -0.2) is 14.8 Å². The molecule has 0 fully saturated rings. The van der Waals surface area contributed by atoms with Crippen LogP contribution in [0.3, 0.4) is 0 Å². The van der Waals surface area contributed by atoms with Gasteiger partial charge in [-0.05, 0) is 5.56 Å². The molecule has 0 radical (unpaired) electrons. The lowest BCUT2D eigenvalue weighted by Gasteiger charge is -1.96. The Morgan fingerprint density at radius 3 is 2.67 bits per heavy atom. The van der Waals surface area contributed by atoms with Gasteiger partial charge in [0.1, 0.15) is 0 Å². The van der Waals surface area contributed by atoms with Crippen LogP contribution < -0.4 is 5.73 Å². The maximum atomic E-state index is 5.59. The highest BCUT2D eigenvalue weighted by atomic mass is 32.2. The van der Waals surface area contributed by atoms with Gasteiger partial charge in [-0.15, -0.1) is 5.10 Å². The molecule has 5 heteroatoms. The van der Waals surface area contributed by atoms with E-state index in [0.29, 0.717) is 5.95 Å². The van der Waals surface area contributed by atoms with Crippen molar-refractivity contribution >= 4 is 17.7 Å². The summed E-state index contributed by atoms with van der Waals surface area (Å²) < 4.78 is 1.58. The summed E-state index contributed by atoms with van der Waals surface area (Å²) in [4.78, 5) is 4.12. The molecule has 0 spiro atoms. The molecule has 2 N–H and O–H groups in total. The number of rotatable bonds is 3. The van der Waals surface area contributed by atoms with Crippen molar-refractivity contribution in [3.05, 3.63) is 35.9 Å². The third-order valence-corrected chi connectivity index (χ3v) is 2.90. The van der Waals surface area contributed by atoms with Crippen LogP contribution in [0, 0.1) is 0 Å². The Labute approximate surface area is 92.5 Å². The number of nitrogens with two attached hydrogens (primary N) is 1. The summed E-state index contributed by atoms with van der Waals surface area (Å²) in [6.07, 6.45) is 0. The number of hydrogen-bond donors (Lipinski definition) is 1. The lowest BCUT2D eigenvalue weighted by Crippen LogP contribution is -1.97. The first kappa shape index (κ1) is 10.0. The Morgan fingerprint density at radius 1 is 1.33 bits per heavy atom. The second-order valence-corrected chi connectivity index (χ2v) is 4.09. The molecule has 0 saturated carbocycles. The molecule has 0 saturated heterocycles. The molecule has 0 aliphatic heterocycles. The third kappa shape index (κ3) is 2.50. The molecule has 0 amide bonds. The highest BCUT2D eigenvalue weighted by molar-refractivity contribution is 7.98. The molecule has 78 valence electrons. The summed E-state index contributed by atoms with van der Waals surface area (Å²) in [5.74, 6) is 1.31. The first-order valence-electron chi connectivity index (χ1n) is 4.59. The van der Waals surface area contributed by atoms with Gasteiger partial charge in [0.25, 0.3) is 0 Å². The fourth-order valence-electron chi connectivity index (χ4n) is 1.16. The van der Waals surface area contributed by atoms with Crippen LogP contribution in [0.15, 0.2) is 35.5 Å². The van der Waals surface area contributed by atoms with Crippen LogP contribution in [0.1, 0.15) is 5.56 Å². The lowest BCUT2D eigenvalue weighted by atomic mass is 10.2. The molecule has 0 bridgehead atoms. The zero-order valence-electron chi connectivity index (χ0n) is 8.42. The summed E-state index contributed by atoms with van der Waals surface area (Å²) in [6, 6.07) is 10.2. The molecular formula is C10H12N4S. The maximum absolute atomic E-state index is 5.59. The zero-order valence-corrected chi connectivity index (χ0v) is 9.24. The van der Waals surface area contributed by atoms with Crippen molar-refractivity contribution in [3.63, 3.8) is 0 Å². The first-order valence-corrected chi connectivity index (χ1v) is 5.57. The molecule has 0 unspecified atom stereocenters. The topological polar surface area (TPSA) is 56.7 Å². The Bertz CT molecular complexity index is 418. The molecular weight excluding hydrogens is 208 g/mol. The van der Waals surface area contributed by atoms with Gasteiger partial charge in [-0.1, -0.05) is 42.1 Å². The lowest BCUT2D eigenvalue weighted by molar-refractivity contribution is 0.746. The predicted molar refractivity (Wildman–Crippen MR) is 61.4 cm³/mol. The molecule has 4 nitrogen and oxygen atoms in total. The van der Waals surface area contributed by atoms with Crippen LogP contribution in [0.25, 0.3) is 0 Å². The molecule has 1 aromatic heterocycles. The second kappa shape index (κ2) is 4.35. The smallest absolute Gasteiger partial charge is 0.219 e. The third-order valence-electron chi connectivity index (χ3n) is 1.99. The van der Waals surface area contributed by atoms with Crippen molar-refractivity contribution in [3.8, 4) is 0 Å². The summed E-state index contributed by atoms with van der Waals surface area (Å²) in [6.45, 7) is 0. The predicted octanol–water partition coefficient (Wildman–Crippen LogP) is 1.69. The minimum atomic E-state index is 0.450. The number of thioether (sulfide) groups is 1. The highest BCUT2D eigenvalue weighted by Crippen LogP contribution is 2.19. The number of hydrogen-bond acceptors (Lipinski definition) is 4. The summed E-state index contributed by atoms with van der Waals surface area (Å²) >= 11 is 1.59. The number of nitrogen functional groups attached to an aromatic ring is 1. The van der Waals surface area contributed by atoms with Gasteiger partial charge in [0, 0.05) is 12.8 Å². The van der Waals surface area contributed by atoms with Crippen molar-refractivity contribution in [2.75, 3.05) is 5.73 Å². The summed E-state index contributed by atoms with van der Waals surface area (Å²) in [7, 11) is 1.79. The monoisotopic (exact) mass is 220 g/mol. The average Bonchev–Trinajstić information content (AvgIpc) is 2.57. The second-order valence-electron chi connectivity index (χ2n) is 3.15. The number of aryl methyl sites for hydroxylation is 1. The normalized spacial score (nSPS) is 10.5. The van der Waals surface area contributed by atoms with Gasteiger partial charge in [0.15, 0.2) is 0 Å². The Balaban J connectivity index is 1.99. The molecule has 1 aromatic carbocycles. The first-order chi connectivity index (χ1) is 7.25. The van der Waals surface area contributed by atoms with E-state index in [1.54, 1.807) is 23.5 Å². The summed E-state index contributed by atoms with van der Waals surface area (Å²) in [5, 5.41) is 4.89. The number of nitrogens with zero attached hydrogens (tertiary/aromatic N) is 3. The van der Waals surface area contributed by atoms with Crippen molar-refractivity contribution in [2.24, 2.45) is 7.05 Å². The summed E-state index contributed by atoms with van der Waals surface area (Å²) in [5.41, 5.74) is 6.84. The van der Waals surface area contributed by atoms with E-state index in [1.807, 2.05) is 18.2 Å². The van der Waals surface area contributed by atoms with Gasteiger partial charge in [-0.25, -0.2) is 4.68 Å². The van der Waals surface area contributed by atoms with Crippen molar-refractivity contribution in [2.45, 2.75) is 10.9 Å². The van der Waals surface area contributed by atoms with E-state index in [0.717, 1.165) is 10.9 Å². The zero-order chi connectivity index (χ0) is 10.7. The van der Waals surface area contributed by atoms with Gasteiger partial charge < -0.3 is 5.73 Å². The van der Waals surface area contributed by atoms with E-state index >= 15 is 0 Å². The fourth-order valence-corrected chi connectivity index (χ4v) is 1.98. The van der Waals surface area contributed by atoms with Crippen LogP contribution in [0.2, 0.25) is 0 Å². The minimum absolute atomic E-state index is 0.450. The largest absolute Gasteiger partial charge is 0.368 e. The van der Waals surface area contributed by atoms with Gasteiger partial charge >= 0.3 is 0 Å². The van der Waals surface area contributed by atoms with E-state index in [4.69, 9.17) is 5.73 Å². The van der Waals surface area contributed by atoms with Crippen molar-refractivity contribution < 1.29 is 0 Å². The Hall–Kier alpha value is -1.49. The van der Waals surface area contributed by atoms with Gasteiger partial charge in [0.05, 0.1) is 0 Å². The van der Waals surface area contributed by atoms with Gasteiger partial charge in [-0.2, -0.15) is 4.98 Å². The molecule has 2 aromatic rings.